The minimum absolute atomic E-state index is 0.0389. The number of rotatable bonds is 5. The van der Waals surface area contributed by atoms with Crippen molar-refractivity contribution in [3.05, 3.63) is 59.3 Å². The van der Waals surface area contributed by atoms with E-state index in [0.29, 0.717) is 5.82 Å². The Morgan fingerprint density at radius 1 is 1.12 bits per heavy atom. The van der Waals surface area contributed by atoms with Crippen molar-refractivity contribution >= 4 is 22.5 Å². The number of hydrogen-bond acceptors (Lipinski definition) is 5. The van der Waals surface area contributed by atoms with Crippen LogP contribution in [0.3, 0.4) is 0 Å². The number of anilines is 1. The van der Waals surface area contributed by atoms with Gasteiger partial charge in [0, 0.05) is 34.6 Å². The van der Waals surface area contributed by atoms with Crippen molar-refractivity contribution in [3.8, 4) is 11.3 Å². The molecule has 1 saturated carbocycles. The minimum Gasteiger partial charge on any atom is -0.310 e. The lowest BCUT2D eigenvalue weighted by Crippen LogP contribution is -2.14. The molecule has 0 spiro atoms. The second kappa shape index (κ2) is 6.39. The zero-order chi connectivity index (χ0) is 17.2. The predicted octanol–water partition coefficient (Wildman–Crippen LogP) is 3.91. The van der Waals surface area contributed by atoms with E-state index in [2.05, 4.69) is 20.5 Å². The lowest BCUT2D eigenvalue weighted by molar-refractivity contribution is -0.117. The monoisotopic (exact) mass is 332 g/mol. The fourth-order valence-electron chi connectivity index (χ4n) is 2.74. The molecule has 6 heteroatoms. The third-order valence-electron chi connectivity index (χ3n) is 4.27. The molecule has 0 atom stereocenters. The molecule has 0 bridgehead atoms. The summed E-state index contributed by atoms with van der Waals surface area (Å²) < 4.78 is 0. The van der Waals surface area contributed by atoms with E-state index < -0.39 is 0 Å². The van der Waals surface area contributed by atoms with Gasteiger partial charge < -0.3 is 5.32 Å². The average molecular weight is 332 g/mol. The molecule has 2 aromatic heterocycles. The lowest BCUT2D eigenvalue weighted by atomic mass is 10.1. The van der Waals surface area contributed by atoms with Gasteiger partial charge in [-0.3, -0.25) is 9.78 Å². The van der Waals surface area contributed by atoms with Crippen molar-refractivity contribution < 1.29 is 4.79 Å². The number of carbonyl (C=O) groups excluding carboxylic acids is 1. The summed E-state index contributed by atoms with van der Waals surface area (Å²) in [4.78, 5) is 31.1. The molecular weight excluding hydrogens is 316 g/mol. The van der Waals surface area contributed by atoms with Gasteiger partial charge in [-0.2, -0.15) is 4.91 Å². The SMILES string of the molecule is O=NCc1cccc(-c2cc3cnc(NC(=O)C4CC4)cc3cn2)c1. The van der Waals surface area contributed by atoms with Crippen LogP contribution in [0.5, 0.6) is 0 Å². The minimum atomic E-state index is 0.0389. The maximum Gasteiger partial charge on any atom is 0.228 e. The number of carbonyl (C=O) groups is 1. The van der Waals surface area contributed by atoms with Crippen LogP contribution in [0.15, 0.2) is 54.0 Å². The summed E-state index contributed by atoms with van der Waals surface area (Å²) in [7, 11) is 0. The van der Waals surface area contributed by atoms with Gasteiger partial charge in [-0.1, -0.05) is 23.4 Å². The summed E-state index contributed by atoms with van der Waals surface area (Å²) in [5.41, 5.74) is 2.58. The Bertz CT molecular complexity index is 967. The predicted molar refractivity (Wildman–Crippen MR) is 95.8 cm³/mol. The van der Waals surface area contributed by atoms with Crippen LogP contribution in [0.4, 0.5) is 5.82 Å². The number of nitrogens with zero attached hydrogens (tertiary/aromatic N) is 3. The van der Waals surface area contributed by atoms with Crippen LogP contribution in [-0.2, 0) is 11.3 Å². The van der Waals surface area contributed by atoms with Crippen LogP contribution in [0, 0.1) is 10.8 Å². The first kappa shape index (κ1) is 15.4. The van der Waals surface area contributed by atoms with Crippen LogP contribution in [0.2, 0.25) is 0 Å². The van der Waals surface area contributed by atoms with Gasteiger partial charge in [0.05, 0.1) is 5.69 Å². The number of hydrogen-bond donors (Lipinski definition) is 1. The van der Waals surface area contributed by atoms with Gasteiger partial charge in [0.15, 0.2) is 0 Å². The Balaban J connectivity index is 1.62. The maximum absolute atomic E-state index is 11.8. The van der Waals surface area contributed by atoms with Crippen LogP contribution < -0.4 is 5.32 Å². The van der Waals surface area contributed by atoms with Crippen molar-refractivity contribution in [2.24, 2.45) is 11.1 Å². The van der Waals surface area contributed by atoms with Gasteiger partial charge in [-0.25, -0.2) is 4.98 Å². The fourth-order valence-corrected chi connectivity index (χ4v) is 2.74. The summed E-state index contributed by atoms with van der Waals surface area (Å²) in [6.45, 7) is 0.146. The molecule has 0 aliphatic heterocycles. The largest absolute Gasteiger partial charge is 0.310 e. The van der Waals surface area contributed by atoms with E-state index in [9.17, 15) is 9.70 Å². The van der Waals surface area contributed by atoms with Crippen molar-refractivity contribution in [1.82, 2.24) is 9.97 Å². The Morgan fingerprint density at radius 2 is 1.92 bits per heavy atom. The Hall–Kier alpha value is -3.15. The highest BCUT2D eigenvalue weighted by Gasteiger charge is 2.29. The highest BCUT2D eigenvalue weighted by Crippen LogP contribution is 2.30. The van der Waals surface area contributed by atoms with Gasteiger partial charge >= 0.3 is 0 Å². The molecule has 1 amide bonds. The Labute approximate surface area is 144 Å². The number of nitrogens with one attached hydrogen (secondary N) is 1. The third kappa shape index (κ3) is 3.38. The highest BCUT2D eigenvalue weighted by molar-refractivity contribution is 5.95. The lowest BCUT2D eigenvalue weighted by Gasteiger charge is -2.07. The first-order chi connectivity index (χ1) is 12.2. The van der Waals surface area contributed by atoms with E-state index >= 15 is 0 Å². The van der Waals surface area contributed by atoms with Crippen LogP contribution in [0.1, 0.15) is 18.4 Å². The van der Waals surface area contributed by atoms with Crippen LogP contribution >= 0.6 is 0 Å². The summed E-state index contributed by atoms with van der Waals surface area (Å²) in [5.74, 6) is 0.737. The standard InChI is InChI=1S/C19H16N4O2/c24-19(13-4-5-13)23-18-8-16-10-20-17(7-15(16)11-21-18)14-3-1-2-12(6-14)9-22-25/h1-3,6-8,10-11,13H,4-5,9H2,(H,21,23,24). The molecule has 1 aromatic carbocycles. The van der Waals surface area contributed by atoms with Crippen molar-refractivity contribution in [3.63, 3.8) is 0 Å². The summed E-state index contributed by atoms with van der Waals surface area (Å²) in [6, 6.07) is 11.4. The molecular formula is C19H16N4O2. The number of amides is 1. The fraction of sp³-hybridized carbons (Fsp3) is 0.211. The second-order valence-corrected chi connectivity index (χ2v) is 6.24. The normalized spacial score (nSPS) is 13.6. The number of nitroso groups, excluding NO2 is 1. The molecule has 3 aromatic rings. The van der Waals surface area contributed by atoms with Gasteiger partial charge in [-0.15, -0.1) is 0 Å². The summed E-state index contributed by atoms with van der Waals surface area (Å²) in [5, 5.41) is 7.62. The first-order valence-electron chi connectivity index (χ1n) is 8.18. The van der Waals surface area contributed by atoms with Gasteiger partial charge in [0.25, 0.3) is 0 Å². The molecule has 6 nitrogen and oxygen atoms in total. The molecule has 124 valence electrons. The second-order valence-electron chi connectivity index (χ2n) is 6.24. The van der Waals surface area contributed by atoms with E-state index in [-0.39, 0.29) is 18.4 Å². The Morgan fingerprint density at radius 3 is 2.72 bits per heavy atom. The van der Waals surface area contributed by atoms with E-state index in [1.165, 1.54) is 0 Å². The molecule has 0 saturated heterocycles. The number of pyridine rings is 2. The number of benzene rings is 1. The molecule has 0 radical (unpaired) electrons. The van der Waals surface area contributed by atoms with Crippen molar-refractivity contribution in [2.75, 3.05) is 5.32 Å². The van der Waals surface area contributed by atoms with Crippen LogP contribution in [-0.4, -0.2) is 15.9 Å². The topological polar surface area (TPSA) is 84.3 Å². The number of fused-ring (bicyclic) bond motifs is 1. The molecule has 1 aliphatic rings. The van der Waals surface area contributed by atoms with E-state index in [1.54, 1.807) is 12.4 Å². The average Bonchev–Trinajstić information content (AvgIpc) is 3.47. The van der Waals surface area contributed by atoms with Gasteiger partial charge in [0.1, 0.15) is 12.4 Å². The van der Waals surface area contributed by atoms with Gasteiger partial charge in [0.2, 0.25) is 5.91 Å². The molecule has 2 heterocycles. The van der Waals surface area contributed by atoms with Crippen molar-refractivity contribution in [2.45, 2.75) is 19.4 Å². The van der Waals surface area contributed by atoms with Crippen molar-refractivity contribution in [1.29, 1.82) is 0 Å². The van der Waals surface area contributed by atoms with E-state index in [4.69, 9.17) is 0 Å². The smallest absolute Gasteiger partial charge is 0.228 e. The maximum atomic E-state index is 11.8. The Kier molecular flexibility index (Phi) is 3.93. The highest BCUT2D eigenvalue weighted by atomic mass is 16.3. The molecule has 4 rings (SSSR count). The quantitative estimate of drug-likeness (QED) is 0.718. The molecule has 1 fully saturated rings. The van der Waals surface area contributed by atoms with Gasteiger partial charge in [-0.05, 0) is 36.6 Å². The first-order valence-corrected chi connectivity index (χ1v) is 8.18. The molecule has 25 heavy (non-hydrogen) atoms. The molecule has 0 unspecified atom stereocenters. The third-order valence-corrected chi connectivity index (χ3v) is 4.27. The molecule has 1 N–H and O–H groups in total. The number of aromatic nitrogens is 2. The summed E-state index contributed by atoms with van der Waals surface area (Å²) in [6.07, 6.45) is 5.43. The van der Waals surface area contributed by atoms with E-state index in [0.717, 1.165) is 40.4 Å². The van der Waals surface area contributed by atoms with Crippen LogP contribution in [0.25, 0.3) is 22.0 Å². The molecule has 1 aliphatic carbocycles. The van der Waals surface area contributed by atoms with E-state index in [1.807, 2.05) is 36.4 Å². The summed E-state index contributed by atoms with van der Waals surface area (Å²) >= 11 is 0. The zero-order valence-corrected chi connectivity index (χ0v) is 13.5. The zero-order valence-electron chi connectivity index (χ0n) is 13.5.